The second kappa shape index (κ2) is 28.7. The predicted octanol–water partition coefficient (Wildman–Crippen LogP) is 4.71. The highest BCUT2D eigenvalue weighted by Crippen LogP contribution is 2.12. The van der Waals surface area contributed by atoms with E-state index in [9.17, 15) is 33.6 Å². The van der Waals surface area contributed by atoms with Crippen molar-refractivity contribution >= 4 is 41.3 Å². The van der Waals surface area contributed by atoms with Gasteiger partial charge in [0, 0.05) is 12.2 Å². The van der Waals surface area contributed by atoms with E-state index < -0.39 is 41.2 Å². The molecule has 0 spiro atoms. The van der Waals surface area contributed by atoms with Crippen LogP contribution in [0.2, 0.25) is 0 Å². The summed E-state index contributed by atoms with van der Waals surface area (Å²) in [6.07, 6.45) is 12.1. The molecule has 0 aliphatic carbocycles. The fourth-order valence-corrected chi connectivity index (χ4v) is 2.86. The molecular formula is C33H49NO10. The normalized spacial score (nSPS) is 10.4. The van der Waals surface area contributed by atoms with Crippen molar-refractivity contribution in [1.29, 1.82) is 0 Å². The van der Waals surface area contributed by atoms with Crippen molar-refractivity contribution in [2.24, 2.45) is 11.8 Å². The largest absolute Gasteiger partial charge is 0.462 e. The molecule has 11 nitrogen and oxygen atoms in total. The predicted molar refractivity (Wildman–Crippen MR) is 168 cm³/mol. The van der Waals surface area contributed by atoms with E-state index in [4.69, 9.17) is 9.47 Å². The van der Waals surface area contributed by atoms with Gasteiger partial charge in [0.25, 0.3) is 5.91 Å². The average Bonchev–Trinajstić information content (AvgIpc) is 2.98. The zero-order valence-corrected chi connectivity index (χ0v) is 26.8. The molecule has 0 aromatic rings. The Bertz CT molecular complexity index is 1010. The Kier molecular flexibility index (Phi) is 28.7. The van der Waals surface area contributed by atoms with Crippen molar-refractivity contribution in [3.8, 4) is 0 Å². The standard InChI is InChI=1S/C13H17NO4.C11H20O2.C9H12O4/c1-4-6-9-18-13(17)10(3)7-8-12(16)14-11(15)5-2;1-4-7-8-10(5-2)9-13-11(12)6-3;1-4-5-13-9(12)8(6(2)10)7(3)11/h5,7-8H,2-4,6,9H2,1H3,(H,14,15,16);6,10H,3-5,7-9H2,1-2H3;4,8H,1,5H2,2-3H3. The van der Waals surface area contributed by atoms with E-state index in [0.29, 0.717) is 19.1 Å². The molecule has 0 radical (unpaired) electrons. The Morgan fingerprint density at radius 1 is 0.773 bits per heavy atom. The molecule has 0 rings (SSSR count). The third-order valence-corrected chi connectivity index (χ3v) is 5.42. The Morgan fingerprint density at radius 2 is 1.36 bits per heavy atom. The molecule has 44 heavy (non-hydrogen) atoms. The van der Waals surface area contributed by atoms with E-state index in [1.807, 2.05) is 12.2 Å². The summed E-state index contributed by atoms with van der Waals surface area (Å²) in [4.78, 5) is 76.8. The van der Waals surface area contributed by atoms with E-state index in [2.05, 4.69) is 44.9 Å². The monoisotopic (exact) mass is 619 g/mol. The second-order valence-electron chi connectivity index (χ2n) is 9.23. The Hall–Kier alpha value is -4.41. The highest BCUT2D eigenvalue weighted by molar-refractivity contribution is 6.15. The van der Waals surface area contributed by atoms with Crippen molar-refractivity contribution in [3.63, 3.8) is 0 Å². The number of amides is 2. The van der Waals surface area contributed by atoms with Gasteiger partial charge >= 0.3 is 17.9 Å². The van der Waals surface area contributed by atoms with Gasteiger partial charge in [-0.05, 0) is 44.8 Å². The number of carbonyl (C=O) groups excluding carboxylic acids is 7. The van der Waals surface area contributed by atoms with Crippen LogP contribution in [-0.2, 0) is 47.8 Å². The minimum Gasteiger partial charge on any atom is -0.462 e. The first kappa shape index (κ1) is 44.0. The zero-order chi connectivity index (χ0) is 34.5. The summed E-state index contributed by atoms with van der Waals surface area (Å²) >= 11 is 0. The SMILES string of the molecule is C=CC(=O)NC(=O)C=CC(=C)C(=O)OCCCC.C=CC(=O)OCC(CC)CCCC.C=CCOC(=O)C(C(C)=O)C(C)=O. The number of ketones is 2. The van der Waals surface area contributed by atoms with Crippen LogP contribution in [-0.4, -0.2) is 61.1 Å². The molecule has 0 aliphatic heterocycles. The van der Waals surface area contributed by atoms with Crippen LogP contribution in [0, 0.1) is 11.8 Å². The topological polar surface area (TPSA) is 159 Å². The number of ether oxygens (including phenoxy) is 3. The average molecular weight is 620 g/mol. The molecule has 1 N–H and O–H groups in total. The minimum absolute atomic E-state index is 0.00981. The molecule has 0 aromatic heterocycles. The van der Waals surface area contributed by atoms with Gasteiger partial charge in [-0.25, -0.2) is 9.59 Å². The van der Waals surface area contributed by atoms with Crippen molar-refractivity contribution in [2.75, 3.05) is 19.8 Å². The van der Waals surface area contributed by atoms with Gasteiger partial charge in [-0.2, -0.15) is 0 Å². The highest BCUT2D eigenvalue weighted by Gasteiger charge is 2.29. The molecule has 0 aliphatic rings. The lowest BCUT2D eigenvalue weighted by Crippen LogP contribution is -2.30. The first-order chi connectivity index (χ1) is 20.7. The number of rotatable bonds is 19. The third kappa shape index (κ3) is 25.3. The fraction of sp³-hybridized carbons (Fsp3) is 0.485. The molecule has 0 fully saturated rings. The summed E-state index contributed by atoms with van der Waals surface area (Å²) in [5.41, 5.74) is 0.0484. The van der Waals surface area contributed by atoms with E-state index in [-0.39, 0.29) is 18.1 Å². The minimum atomic E-state index is -1.28. The zero-order valence-electron chi connectivity index (χ0n) is 26.8. The molecule has 1 atom stereocenters. The summed E-state index contributed by atoms with van der Waals surface area (Å²) in [5, 5.41) is 2.00. The van der Waals surface area contributed by atoms with Gasteiger partial charge in [0.2, 0.25) is 5.91 Å². The van der Waals surface area contributed by atoms with Crippen LogP contribution in [0.3, 0.4) is 0 Å². The molecule has 2 amide bonds. The van der Waals surface area contributed by atoms with Gasteiger partial charge in [-0.15, -0.1) is 0 Å². The van der Waals surface area contributed by atoms with Crippen molar-refractivity contribution in [2.45, 2.75) is 73.1 Å². The molecule has 0 bridgehead atoms. The van der Waals surface area contributed by atoms with Gasteiger partial charge in [0.15, 0.2) is 17.5 Å². The van der Waals surface area contributed by atoms with Crippen LogP contribution in [0.15, 0.2) is 62.3 Å². The molecule has 1 unspecified atom stereocenters. The summed E-state index contributed by atoms with van der Waals surface area (Å²) < 4.78 is 14.4. The highest BCUT2D eigenvalue weighted by atomic mass is 16.5. The molecular weight excluding hydrogens is 570 g/mol. The molecule has 246 valence electrons. The maximum Gasteiger partial charge on any atom is 0.337 e. The Labute approximate surface area is 261 Å². The number of hydrogen-bond acceptors (Lipinski definition) is 10. The fourth-order valence-electron chi connectivity index (χ4n) is 2.86. The number of esters is 3. The lowest BCUT2D eigenvalue weighted by Gasteiger charge is -2.13. The van der Waals surface area contributed by atoms with Gasteiger partial charge in [-0.1, -0.05) is 78.8 Å². The van der Waals surface area contributed by atoms with Crippen molar-refractivity contribution in [3.05, 3.63) is 62.3 Å². The van der Waals surface area contributed by atoms with Crippen molar-refractivity contribution < 1.29 is 47.8 Å². The maximum absolute atomic E-state index is 11.3. The lowest BCUT2D eigenvalue weighted by atomic mass is 10.0. The quantitative estimate of drug-likeness (QED) is 0.0408. The number of carbonyl (C=O) groups is 7. The summed E-state index contributed by atoms with van der Waals surface area (Å²) in [7, 11) is 0. The second-order valence-corrected chi connectivity index (χ2v) is 9.23. The lowest BCUT2D eigenvalue weighted by molar-refractivity contribution is -0.153. The van der Waals surface area contributed by atoms with Crippen LogP contribution >= 0.6 is 0 Å². The van der Waals surface area contributed by atoms with Crippen LogP contribution < -0.4 is 5.32 Å². The third-order valence-electron chi connectivity index (χ3n) is 5.42. The smallest absolute Gasteiger partial charge is 0.337 e. The molecule has 11 heteroatoms. The Balaban J connectivity index is -0.000000585. The molecule has 0 saturated carbocycles. The van der Waals surface area contributed by atoms with E-state index in [1.165, 1.54) is 44.9 Å². The molecule has 0 heterocycles. The molecule has 0 aromatic carbocycles. The number of unbranched alkanes of at least 4 members (excludes halogenated alkanes) is 2. The first-order valence-electron chi connectivity index (χ1n) is 14.3. The van der Waals surface area contributed by atoms with E-state index >= 15 is 0 Å². The van der Waals surface area contributed by atoms with Crippen LogP contribution in [0.5, 0.6) is 0 Å². The maximum atomic E-state index is 11.3. The van der Waals surface area contributed by atoms with Gasteiger partial charge in [-0.3, -0.25) is 29.3 Å². The van der Waals surface area contributed by atoms with E-state index in [0.717, 1.165) is 37.8 Å². The van der Waals surface area contributed by atoms with Gasteiger partial charge < -0.3 is 14.2 Å². The number of nitrogens with one attached hydrogen (secondary N) is 1. The summed E-state index contributed by atoms with van der Waals surface area (Å²) in [6, 6.07) is 0. The van der Waals surface area contributed by atoms with Crippen LogP contribution in [0.25, 0.3) is 0 Å². The van der Waals surface area contributed by atoms with Gasteiger partial charge in [0.05, 0.1) is 18.8 Å². The number of imide groups is 1. The van der Waals surface area contributed by atoms with Crippen LogP contribution in [0.1, 0.15) is 73.1 Å². The van der Waals surface area contributed by atoms with Crippen molar-refractivity contribution in [1.82, 2.24) is 5.32 Å². The van der Waals surface area contributed by atoms with Gasteiger partial charge in [0.1, 0.15) is 6.61 Å². The molecule has 0 saturated heterocycles. The van der Waals surface area contributed by atoms with Crippen LogP contribution in [0.4, 0.5) is 0 Å². The number of hydrogen-bond donors (Lipinski definition) is 1. The Morgan fingerprint density at radius 3 is 1.82 bits per heavy atom. The summed E-state index contributed by atoms with van der Waals surface area (Å²) in [6.45, 7) is 22.9. The number of Topliss-reactive ketones (excluding diaryl/α,β-unsaturated/α-hetero) is 2. The first-order valence-corrected chi connectivity index (χ1v) is 14.3. The van der Waals surface area contributed by atoms with E-state index in [1.54, 1.807) is 0 Å². The summed E-state index contributed by atoms with van der Waals surface area (Å²) in [5.74, 6) is -4.72.